The van der Waals surface area contributed by atoms with E-state index in [1.807, 2.05) is 0 Å². The minimum atomic E-state index is -4.65. The third-order valence-corrected chi connectivity index (χ3v) is 2.75. The van der Waals surface area contributed by atoms with E-state index in [9.17, 15) is 13.2 Å². The number of benzene rings is 1. The van der Waals surface area contributed by atoms with Crippen molar-refractivity contribution in [3.63, 3.8) is 0 Å². The number of hydrogen-bond donors (Lipinski definition) is 1. The molecule has 0 saturated carbocycles. The third kappa shape index (κ3) is 9.31. The molecule has 0 radical (unpaired) electrons. The number of rotatable bonds is 9. The molecule has 1 aromatic carbocycles. The van der Waals surface area contributed by atoms with Gasteiger partial charge in [0.2, 0.25) is 0 Å². The van der Waals surface area contributed by atoms with Crippen molar-refractivity contribution >= 4 is 0 Å². The van der Waals surface area contributed by atoms with Gasteiger partial charge in [-0.3, -0.25) is 0 Å². The van der Waals surface area contributed by atoms with Gasteiger partial charge in [-0.05, 0) is 30.0 Å². The molecule has 1 rings (SSSR count). The highest BCUT2D eigenvalue weighted by Gasteiger charge is 2.30. The van der Waals surface area contributed by atoms with Crippen LogP contribution in [0.15, 0.2) is 24.3 Å². The Morgan fingerprint density at radius 2 is 1.76 bits per heavy atom. The maximum absolute atomic E-state index is 12.0. The Bertz CT molecular complexity index is 391. The highest BCUT2D eigenvalue weighted by molar-refractivity contribution is 5.27. The minimum Gasteiger partial charge on any atom is -0.406 e. The van der Waals surface area contributed by atoms with Crippen LogP contribution < -0.4 is 10.1 Å². The Morgan fingerprint density at radius 1 is 1.10 bits per heavy atom. The monoisotopic (exact) mass is 305 g/mol. The van der Waals surface area contributed by atoms with Gasteiger partial charge in [0.05, 0.1) is 6.61 Å². The second-order valence-electron chi connectivity index (χ2n) is 5.16. The zero-order valence-electron chi connectivity index (χ0n) is 12.4. The predicted molar refractivity (Wildman–Crippen MR) is 75.1 cm³/mol. The Balaban J connectivity index is 2.15. The Labute approximate surface area is 123 Å². The van der Waals surface area contributed by atoms with Crippen molar-refractivity contribution in [1.82, 2.24) is 5.32 Å². The third-order valence-electron chi connectivity index (χ3n) is 2.75. The lowest BCUT2D eigenvalue weighted by molar-refractivity contribution is -0.274. The summed E-state index contributed by atoms with van der Waals surface area (Å²) in [6.45, 7) is 6.96. The number of ether oxygens (including phenoxy) is 2. The SMILES string of the molecule is CC(C)CCOCCNCc1ccc(OC(F)(F)F)cc1. The first-order valence-corrected chi connectivity index (χ1v) is 7.00. The number of nitrogens with one attached hydrogen (secondary N) is 1. The summed E-state index contributed by atoms with van der Waals surface area (Å²) < 4.78 is 45.2. The van der Waals surface area contributed by atoms with Crippen molar-refractivity contribution in [2.24, 2.45) is 5.92 Å². The molecule has 0 aromatic heterocycles. The standard InChI is InChI=1S/C15H22F3NO2/c1-12(2)7-9-20-10-8-19-11-13-3-5-14(6-4-13)21-15(16,17)18/h3-6,12,19H,7-11H2,1-2H3. The molecule has 0 spiro atoms. The van der Waals surface area contributed by atoms with E-state index in [0.717, 1.165) is 18.6 Å². The molecular weight excluding hydrogens is 283 g/mol. The molecule has 3 nitrogen and oxygen atoms in total. The summed E-state index contributed by atoms with van der Waals surface area (Å²) in [6, 6.07) is 5.83. The zero-order chi connectivity index (χ0) is 15.7. The van der Waals surface area contributed by atoms with E-state index in [1.165, 1.54) is 12.1 Å². The summed E-state index contributed by atoms with van der Waals surface area (Å²) in [5, 5.41) is 3.17. The van der Waals surface area contributed by atoms with Crippen molar-refractivity contribution in [2.75, 3.05) is 19.8 Å². The summed E-state index contributed by atoms with van der Waals surface area (Å²) >= 11 is 0. The molecule has 0 heterocycles. The van der Waals surface area contributed by atoms with Crippen molar-refractivity contribution < 1.29 is 22.6 Å². The van der Waals surface area contributed by atoms with E-state index >= 15 is 0 Å². The fraction of sp³-hybridized carbons (Fsp3) is 0.600. The maximum atomic E-state index is 12.0. The summed E-state index contributed by atoms with van der Waals surface area (Å²) in [5.41, 5.74) is 0.895. The van der Waals surface area contributed by atoms with Crippen LogP contribution >= 0.6 is 0 Å². The lowest BCUT2D eigenvalue weighted by atomic mass is 10.1. The Morgan fingerprint density at radius 3 is 2.33 bits per heavy atom. The quantitative estimate of drug-likeness (QED) is 0.705. The average Bonchev–Trinajstić information content (AvgIpc) is 2.37. The molecule has 0 fully saturated rings. The van der Waals surface area contributed by atoms with Gasteiger partial charge in [-0.25, -0.2) is 0 Å². The molecule has 0 amide bonds. The van der Waals surface area contributed by atoms with E-state index in [4.69, 9.17) is 4.74 Å². The van der Waals surface area contributed by atoms with Gasteiger partial charge < -0.3 is 14.8 Å². The minimum absolute atomic E-state index is 0.205. The van der Waals surface area contributed by atoms with Gasteiger partial charge in [0, 0.05) is 19.7 Å². The Hall–Kier alpha value is -1.27. The first-order chi connectivity index (χ1) is 9.87. The molecule has 0 aliphatic carbocycles. The Kier molecular flexibility index (Phi) is 7.53. The van der Waals surface area contributed by atoms with Gasteiger partial charge >= 0.3 is 6.36 Å². The lowest BCUT2D eigenvalue weighted by Gasteiger charge is -2.10. The van der Waals surface area contributed by atoms with Crippen LogP contribution in [0.1, 0.15) is 25.8 Å². The second-order valence-corrected chi connectivity index (χ2v) is 5.16. The predicted octanol–water partition coefficient (Wildman–Crippen LogP) is 3.74. The molecular formula is C15H22F3NO2. The van der Waals surface area contributed by atoms with Gasteiger partial charge in [0.15, 0.2) is 0 Å². The molecule has 0 atom stereocenters. The molecule has 0 saturated heterocycles. The van der Waals surface area contributed by atoms with Crippen LogP contribution in [0.5, 0.6) is 5.75 Å². The first kappa shape index (κ1) is 17.8. The molecule has 0 bridgehead atoms. The van der Waals surface area contributed by atoms with Crippen LogP contribution in [0.25, 0.3) is 0 Å². The fourth-order valence-electron chi connectivity index (χ4n) is 1.61. The van der Waals surface area contributed by atoms with Crippen LogP contribution in [-0.2, 0) is 11.3 Å². The van der Waals surface area contributed by atoms with Crippen molar-refractivity contribution in [3.8, 4) is 5.75 Å². The summed E-state index contributed by atoms with van der Waals surface area (Å²) in [4.78, 5) is 0. The molecule has 0 unspecified atom stereocenters. The van der Waals surface area contributed by atoms with Gasteiger partial charge in [-0.2, -0.15) is 0 Å². The van der Waals surface area contributed by atoms with Crippen LogP contribution in [-0.4, -0.2) is 26.1 Å². The van der Waals surface area contributed by atoms with Crippen molar-refractivity contribution in [3.05, 3.63) is 29.8 Å². The molecule has 21 heavy (non-hydrogen) atoms. The molecule has 120 valence electrons. The van der Waals surface area contributed by atoms with Crippen LogP contribution in [0.2, 0.25) is 0 Å². The lowest BCUT2D eigenvalue weighted by Crippen LogP contribution is -2.20. The number of alkyl halides is 3. The second kappa shape index (κ2) is 8.89. The van der Waals surface area contributed by atoms with Crippen LogP contribution in [0, 0.1) is 5.92 Å². The van der Waals surface area contributed by atoms with Crippen molar-refractivity contribution in [1.29, 1.82) is 0 Å². The van der Waals surface area contributed by atoms with Crippen LogP contribution in [0.3, 0.4) is 0 Å². The summed E-state index contributed by atoms with van der Waals surface area (Å²) in [7, 11) is 0. The summed E-state index contributed by atoms with van der Waals surface area (Å²) in [5.74, 6) is 0.429. The normalized spacial score (nSPS) is 11.9. The van der Waals surface area contributed by atoms with E-state index in [0.29, 0.717) is 25.6 Å². The zero-order valence-corrected chi connectivity index (χ0v) is 12.4. The smallest absolute Gasteiger partial charge is 0.406 e. The molecule has 1 N–H and O–H groups in total. The molecule has 0 aliphatic heterocycles. The van der Waals surface area contributed by atoms with Crippen LogP contribution in [0.4, 0.5) is 13.2 Å². The molecule has 6 heteroatoms. The van der Waals surface area contributed by atoms with E-state index in [1.54, 1.807) is 12.1 Å². The van der Waals surface area contributed by atoms with Crippen molar-refractivity contribution in [2.45, 2.75) is 33.2 Å². The topological polar surface area (TPSA) is 30.5 Å². The largest absolute Gasteiger partial charge is 0.573 e. The maximum Gasteiger partial charge on any atom is 0.573 e. The summed E-state index contributed by atoms with van der Waals surface area (Å²) in [6.07, 6.45) is -3.60. The van der Waals surface area contributed by atoms with E-state index in [2.05, 4.69) is 23.9 Å². The van der Waals surface area contributed by atoms with Gasteiger partial charge in [0.1, 0.15) is 5.75 Å². The first-order valence-electron chi connectivity index (χ1n) is 7.00. The average molecular weight is 305 g/mol. The highest BCUT2D eigenvalue weighted by Crippen LogP contribution is 2.22. The fourth-order valence-corrected chi connectivity index (χ4v) is 1.61. The molecule has 1 aromatic rings. The number of halogens is 3. The highest BCUT2D eigenvalue weighted by atomic mass is 19.4. The van der Waals surface area contributed by atoms with Gasteiger partial charge in [0.25, 0.3) is 0 Å². The number of hydrogen-bond acceptors (Lipinski definition) is 3. The van der Waals surface area contributed by atoms with Gasteiger partial charge in [-0.15, -0.1) is 13.2 Å². The van der Waals surface area contributed by atoms with Gasteiger partial charge in [-0.1, -0.05) is 26.0 Å². The van der Waals surface area contributed by atoms with E-state index < -0.39 is 6.36 Å². The molecule has 0 aliphatic rings. The van der Waals surface area contributed by atoms with E-state index in [-0.39, 0.29) is 5.75 Å².